The van der Waals surface area contributed by atoms with E-state index in [1.54, 1.807) is 0 Å². The molecule has 0 aliphatic carbocycles. The number of rotatable bonds is 42. The van der Waals surface area contributed by atoms with Crippen molar-refractivity contribution in [2.24, 2.45) is 17.3 Å². The molecule has 0 atom stereocenters. The van der Waals surface area contributed by atoms with Crippen LogP contribution < -0.4 is 0 Å². The minimum atomic E-state index is -0.707. The molecule has 0 amide bonds. The Hall–Kier alpha value is -1.14. The van der Waals surface area contributed by atoms with Gasteiger partial charge in [0.15, 0.2) is 0 Å². The summed E-state index contributed by atoms with van der Waals surface area (Å²) >= 11 is 0. The van der Waals surface area contributed by atoms with Crippen molar-refractivity contribution < 1.29 is 24.9 Å². The molecule has 0 rings (SSSR count). The highest BCUT2D eigenvalue weighted by molar-refractivity contribution is 5.74. The van der Waals surface area contributed by atoms with Crippen LogP contribution in [0.2, 0.25) is 0 Å². The van der Waals surface area contributed by atoms with E-state index >= 15 is 0 Å². The molecule has 0 aromatic rings. The lowest BCUT2D eigenvalue weighted by atomic mass is 9.72. The molecule has 6 nitrogen and oxygen atoms in total. The maximum atomic E-state index is 13.3. The second-order valence-corrected chi connectivity index (χ2v) is 16.7. The highest BCUT2D eigenvalue weighted by atomic mass is 16.4. The van der Waals surface area contributed by atoms with Gasteiger partial charge >= 0.3 is 11.9 Å². The van der Waals surface area contributed by atoms with Gasteiger partial charge in [0, 0.05) is 13.0 Å². The fraction of sp³-hybridized carbons (Fsp3) is 0.957. The number of aliphatic hydroxyl groups excluding tert-OH is 1. The maximum Gasteiger partial charge on any atom is 0.309 e. The number of hydrogen-bond donors (Lipinski definition) is 3. The average molecular weight is 738 g/mol. The molecule has 0 aromatic heterocycles. The van der Waals surface area contributed by atoms with Crippen molar-refractivity contribution >= 4 is 11.9 Å². The Morgan fingerprint density at radius 2 is 0.827 bits per heavy atom. The van der Waals surface area contributed by atoms with Crippen LogP contribution in [-0.2, 0) is 9.59 Å². The first-order valence-corrected chi connectivity index (χ1v) is 23.1. The molecule has 0 radical (unpaired) electrons. The van der Waals surface area contributed by atoms with Crippen LogP contribution in [0.3, 0.4) is 0 Å². The summed E-state index contributed by atoms with van der Waals surface area (Å²) in [6, 6.07) is 0. The summed E-state index contributed by atoms with van der Waals surface area (Å²) in [6.45, 7) is 12.0. The predicted molar refractivity (Wildman–Crippen MR) is 223 cm³/mol. The fourth-order valence-electron chi connectivity index (χ4n) is 8.52. The van der Waals surface area contributed by atoms with Crippen molar-refractivity contribution in [2.45, 2.75) is 240 Å². The lowest BCUT2D eigenvalue weighted by molar-refractivity contribution is -0.151. The normalized spacial score (nSPS) is 12.2. The van der Waals surface area contributed by atoms with Gasteiger partial charge in [-0.2, -0.15) is 0 Å². The molecule has 0 aliphatic rings. The molecule has 0 aliphatic heterocycles. The van der Waals surface area contributed by atoms with Crippen LogP contribution in [0.5, 0.6) is 0 Å². The van der Waals surface area contributed by atoms with Gasteiger partial charge in [-0.1, -0.05) is 195 Å². The number of hydrogen-bond acceptors (Lipinski definition) is 4. The third kappa shape index (κ3) is 29.2. The number of nitrogens with zero attached hydrogens (tertiary/aromatic N) is 1. The van der Waals surface area contributed by atoms with Gasteiger partial charge in [0.1, 0.15) is 0 Å². The topological polar surface area (TPSA) is 98.1 Å². The van der Waals surface area contributed by atoms with Crippen LogP contribution in [0.25, 0.3) is 0 Å². The van der Waals surface area contributed by atoms with E-state index in [2.05, 4.69) is 32.6 Å². The molecule has 310 valence electrons. The largest absolute Gasteiger partial charge is 0.481 e. The Morgan fingerprint density at radius 1 is 0.462 bits per heavy atom. The van der Waals surface area contributed by atoms with Gasteiger partial charge in [0.05, 0.1) is 12.0 Å². The van der Waals surface area contributed by atoms with Gasteiger partial charge < -0.3 is 20.2 Å². The quantitative estimate of drug-likeness (QED) is 0.0540. The Bertz CT molecular complexity index is 739. The maximum absolute atomic E-state index is 13.3. The lowest BCUT2D eigenvalue weighted by Crippen LogP contribution is -2.32. The van der Waals surface area contributed by atoms with Crippen LogP contribution in [0, 0.1) is 17.3 Å². The van der Waals surface area contributed by atoms with Crippen LogP contribution in [0.15, 0.2) is 0 Å². The fourth-order valence-corrected chi connectivity index (χ4v) is 8.52. The third-order valence-electron chi connectivity index (χ3n) is 12.0. The van der Waals surface area contributed by atoms with E-state index in [0.29, 0.717) is 6.54 Å². The number of carbonyl (C=O) groups is 2. The zero-order valence-corrected chi connectivity index (χ0v) is 35.4. The molecule has 0 heterocycles. The third-order valence-corrected chi connectivity index (χ3v) is 12.0. The minimum Gasteiger partial charge on any atom is -0.481 e. The van der Waals surface area contributed by atoms with Crippen LogP contribution >= 0.6 is 0 Å². The Balaban J connectivity index is 5.27. The molecule has 0 spiro atoms. The van der Waals surface area contributed by atoms with E-state index in [4.69, 9.17) is 5.11 Å². The number of unbranched alkanes of at least 4 members (excludes halogenated alkanes) is 15. The van der Waals surface area contributed by atoms with E-state index in [-0.39, 0.29) is 13.0 Å². The van der Waals surface area contributed by atoms with E-state index in [9.17, 15) is 19.8 Å². The summed E-state index contributed by atoms with van der Waals surface area (Å²) in [6.07, 6.45) is 37.4. The standard InChI is InChI=1S/C46H91NO5/c1-5-9-18-28-42(29-19-10-6-2)32-26-36-46(45(51)52,37-27-33-43(30-20-11-7-3)31-21-12-8-4)35-23-15-17-25-39-47(40-41-48)38-24-16-13-14-22-34-44(49)50/h42-43,48H,5-41H2,1-4H3,(H,49,50)(H,51,52). The summed E-state index contributed by atoms with van der Waals surface area (Å²) in [4.78, 5) is 26.3. The highest BCUT2D eigenvalue weighted by Gasteiger charge is 2.37. The second-order valence-electron chi connectivity index (χ2n) is 16.7. The Labute approximate surface area is 324 Å². The van der Waals surface area contributed by atoms with Crippen molar-refractivity contribution in [3.63, 3.8) is 0 Å². The highest BCUT2D eigenvalue weighted by Crippen LogP contribution is 2.39. The summed E-state index contributed by atoms with van der Waals surface area (Å²) in [5.41, 5.74) is -0.581. The monoisotopic (exact) mass is 738 g/mol. The molecule has 0 unspecified atom stereocenters. The molecular weight excluding hydrogens is 647 g/mol. The molecular formula is C46H91NO5. The van der Waals surface area contributed by atoms with Crippen LogP contribution in [0.1, 0.15) is 240 Å². The first-order chi connectivity index (χ1) is 25.3. The van der Waals surface area contributed by atoms with Gasteiger partial charge in [0.2, 0.25) is 0 Å². The van der Waals surface area contributed by atoms with E-state index in [0.717, 1.165) is 115 Å². The average Bonchev–Trinajstić information content (AvgIpc) is 3.11. The van der Waals surface area contributed by atoms with E-state index in [1.165, 1.54) is 116 Å². The van der Waals surface area contributed by atoms with E-state index in [1.807, 2.05) is 0 Å². The summed E-state index contributed by atoms with van der Waals surface area (Å²) in [7, 11) is 0. The van der Waals surface area contributed by atoms with Crippen molar-refractivity contribution in [3.05, 3.63) is 0 Å². The first kappa shape index (κ1) is 50.9. The molecule has 0 bridgehead atoms. The molecule has 52 heavy (non-hydrogen) atoms. The van der Waals surface area contributed by atoms with Crippen molar-refractivity contribution in [1.82, 2.24) is 4.90 Å². The molecule has 0 aromatic carbocycles. The van der Waals surface area contributed by atoms with Crippen molar-refractivity contribution in [1.29, 1.82) is 0 Å². The Morgan fingerprint density at radius 3 is 1.21 bits per heavy atom. The molecule has 0 saturated carbocycles. The van der Waals surface area contributed by atoms with Crippen LogP contribution in [0.4, 0.5) is 0 Å². The van der Waals surface area contributed by atoms with Gasteiger partial charge in [-0.25, -0.2) is 0 Å². The lowest BCUT2D eigenvalue weighted by Gasteiger charge is -2.31. The van der Waals surface area contributed by atoms with E-state index < -0.39 is 17.4 Å². The zero-order chi connectivity index (χ0) is 38.5. The predicted octanol–water partition coefficient (Wildman–Crippen LogP) is 13.6. The van der Waals surface area contributed by atoms with Crippen molar-refractivity contribution in [2.75, 3.05) is 26.2 Å². The second kappa shape index (κ2) is 36.8. The molecule has 3 N–H and O–H groups in total. The summed E-state index contributed by atoms with van der Waals surface area (Å²) < 4.78 is 0. The zero-order valence-electron chi connectivity index (χ0n) is 35.4. The smallest absolute Gasteiger partial charge is 0.309 e. The van der Waals surface area contributed by atoms with Gasteiger partial charge in [-0.05, 0) is 63.5 Å². The molecule has 6 heteroatoms. The SMILES string of the molecule is CCCCCC(CCCCC)CCCC(CCCCCCN(CCO)CCCCCCCC(=O)O)(CCCC(CCCCC)CCCCC)C(=O)O. The van der Waals surface area contributed by atoms with Gasteiger partial charge in [0.25, 0.3) is 0 Å². The van der Waals surface area contributed by atoms with Gasteiger partial charge in [-0.3, -0.25) is 9.59 Å². The Kier molecular flexibility index (Phi) is 36.0. The van der Waals surface area contributed by atoms with Gasteiger partial charge in [-0.15, -0.1) is 0 Å². The van der Waals surface area contributed by atoms with Crippen LogP contribution in [-0.4, -0.2) is 58.4 Å². The summed E-state index contributed by atoms with van der Waals surface area (Å²) in [5.74, 6) is 0.267. The number of carboxylic acids is 2. The molecule has 0 saturated heterocycles. The minimum absolute atomic E-state index is 0.176. The first-order valence-electron chi connectivity index (χ1n) is 23.1. The number of aliphatic carboxylic acids is 2. The number of aliphatic hydroxyl groups is 1. The molecule has 0 fully saturated rings. The van der Waals surface area contributed by atoms with Crippen molar-refractivity contribution in [3.8, 4) is 0 Å². The summed E-state index contributed by atoms with van der Waals surface area (Å²) in [5, 5.41) is 29.3. The number of carboxylic acid groups (broad SMARTS) is 2.